The standard InChI is InChI=1S/C31H36BrN3O/c1-30-13-11-21(36)15-19(30)5-8-22-25-9-10-27(31(25,2)14-12-26(22)30)28-16-23(24(17-33)29(34)35-28)18-3-6-20(32)7-4-18/h3-7,16,21-22,25-27,36H,8-15H2,1-2H3,(H2,34,35)/t21-,22-,25-,26-,27+,30-,31-/m0/s1. The van der Waals surface area contributed by atoms with Crippen molar-refractivity contribution >= 4 is 21.7 Å². The van der Waals surface area contributed by atoms with E-state index in [-0.39, 0.29) is 16.9 Å². The van der Waals surface area contributed by atoms with Crippen molar-refractivity contribution in [2.75, 3.05) is 5.73 Å². The summed E-state index contributed by atoms with van der Waals surface area (Å²) in [7, 11) is 0. The Morgan fingerprint density at radius 3 is 2.61 bits per heavy atom. The van der Waals surface area contributed by atoms with Gasteiger partial charge in [0.25, 0.3) is 0 Å². The molecule has 0 unspecified atom stereocenters. The molecule has 1 heterocycles. The van der Waals surface area contributed by atoms with Crippen LogP contribution in [-0.2, 0) is 0 Å². The molecular weight excluding hydrogens is 510 g/mol. The van der Waals surface area contributed by atoms with Gasteiger partial charge in [0.15, 0.2) is 0 Å². The number of hydrogen-bond donors (Lipinski definition) is 2. The number of aliphatic hydroxyl groups is 1. The fourth-order valence-corrected chi connectivity index (χ4v) is 9.13. The minimum absolute atomic E-state index is 0.154. The number of nitrogen functional groups attached to an aromatic ring is 1. The normalized spacial score (nSPS) is 37.3. The van der Waals surface area contributed by atoms with E-state index in [1.54, 1.807) is 0 Å². The van der Waals surface area contributed by atoms with Crippen LogP contribution < -0.4 is 5.73 Å². The minimum Gasteiger partial charge on any atom is -0.393 e. The Labute approximate surface area is 223 Å². The van der Waals surface area contributed by atoms with E-state index in [0.29, 0.717) is 29.1 Å². The third kappa shape index (κ3) is 3.59. The quantitative estimate of drug-likeness (QED) is 0.385. The molecule has 0 bridgehead atoms. The Balaban J connectivity index is 1.35. The number of rotatable bonds is 2. The highest BCUT2D eigenvalue weighted by Gasteiger charge is 2.59. The molecule has 3 N–H and O–H groups in total. The highest BCUT2D eigenvalue weighted by Crippen LogP contribution is 2.68. The van der Waals surface area contributed by atoms with Crippen LogP contribution in [0.5, 0.6) is 0 Å². The predicted molar refractivity (Wildman–Crippen MR) is 147 cm³/mol. The number of hydrogen-bond acceptors (Lipinski definition) is 4. The molecule has 5 heteroatoms. The molecule has 6 rings (SSSR count). The lowest BCUT2D eigenvalue weighted by atomic mass is 9.47. The molecule has 188 valence electrons. The molecule has 2 aromatic rings. The van der Waals surface area contributed by atoms with Crippen molar-refractivity contribution in [1.82, 2.24) is 4.98 Å². The molecule has 0 amide bonds. The van der Waals surface area contributed by atoms with Crippen LogP contribution in [-0.4, -0.2) is 16.2 Å². The molecule has 0 aliphatic heterocycles. The number of nitrogens with two attached hydrogens (primary N) is 1. The van der Waals surface area contributed by atoms with Crippen LogP contribution in [0.1, 0.15) is 82.4 Å². The summed E-state index contributed by atoms with van der Waals surface area (Å²) in [6, 6.07) is 12.6. The predicted octanol–water partition coefficient (Wildman–Crippen LogP) is 7.37. The van der Waals surface area contributed by atoms with Gasteiger partial charge in [-0.2, -0.15) is 5.26 Å². The van der Waals surface area contributed by atoms with Gasteiger partial charge in [0.1, 0.15) is 17.5 Å². The zero-order valence-corrected chi connectivity index (χ0v) is 22.9. The fourth-order valence-electron chi connectivity index (χ4n) is 8.87. The SMILES string of the molecule is C[C@]12CC[C@H]3[C@@H](CC=C4C[C@@H](O)CC[C@@]43C)[C@@H]1CC[C@@H]2c1cc(-c2ccc(Br)cc2)c(C#N)c(N)n1. The van der Waals surface area contributed by atoms with Crippen molar-refractivity contribution in [3.8, 4) is 17.2 Å². The van der Waals surface area contributed by atoms with Gasteiger partial charge >= 0.3 is 0 Å². The van der Waals surface area contributed by atoms with E-state index in [0.717, 1.165) is 59.3 Å². The average molecular weight is 547 g/mol. The molecular formula is C31H36BrN3O. The first kappa shape index (κ1) is 24.2. The molecule has 1 aromatic heterocycles. The first-order chi connectivity index (χ1) is 17.2. The van der Waals surface area contributed by atoms with Crippen molar-refractivity contribution in [3.63, 3.8) is 0 Å². The van der Waals surface area contributed by atoms with Gasteiger partial charge < -0.3 is 10.8 Å². The van der Waals surface area contributed by atoms with Gasteiger partial charge in [-0.3, -0.25) is 0 Å². The molecule has 36 heavy (non-hydrogen) atoms. The summed E-state index contributed by atoms with van der Waals surface area (Å²) in [5, 5.41) is 20.2. The molecule has 0 spiro atoms. The van der Waals surface area contributed by atoms with Crippen molar-refractivity contribution in [2.45, 2.75) is 77.2 Å². The Bertz CT molecular complexity index is 1260. The molecule has 3 fully saturated rings. The van der Waals surface area contributed by atoms with Crippen LogP contribution in [0.2, 0.25) is 0 Å². The molecule has 3 saturated carbocycles. The zero-order chi connectivity index (χ0) is 25.2. The number of pyridine rings is 1. The number of benzene rings is 1. The summed E-state index contributed by atoms with van der Waals surface area (Å²) in [6.07, 6.45) is 11.3. The lowest BCUT2D eigenvalue weighted by Crippen LogP contribution is -2.50. The van der Waals surface area contributed by atoms with Crippen molar-refractivity contribution in [1.29, 1.82) is 5.26 Å². The molecule has 4 nitrogen and oxygen atoms in total. The second-order valence-corrected chi connectivity index (χ2v) is 13.2. The van der Waals surface area contributed by atoms with Gasteiger partial charge in [-0.05, 0) is 104 Å². The van der Waals surface area contributed by atoms with E-state index in [1.165, 1.54) is 24.8 Å². The summed E-state index contributed by atoms with van der Waals surface area (Å²) < 4.78 is 1.01. The molecule has 7 atom stereocenters. The lowest BCUT2D eigenvalue weighted by Gasteiger charge is -2.58. The number of fused-ring (bicyclic) bond motifs is 5. The van der Waals surface area contributed by atoms with Crippen LogP contribution in [0, 0.1) is 39.9 Å². The monoisotopic (exact) mass is 545 g/mol. The van der Waals surface area contributed by atoms with Gasteiger partial charge in [-0.15, -0.1) is 0 Å². The van der Waals surface area contributed by atoms with Crippen LogP contribution in [0.3, 0.4) is 0 Å². The van der Waals surface area contributed by atoms with Gasteiger partial charge in [-0.25, -0.2) is 4.98 Å². The van der Waals surface area contributed by atoms with Crippen LogP contribution in [0.4, 0.5) is 5.82 Å². The Hall–Kier alpha value is -2.16. The smallest absolute Gasteiger partial charge is 0.142 e. The third-order valence-corrected chi connectivity index (χ3v) is 11.3. The lowest BCUT2D eigenvalue weighted by molar-refractivity contribution is -0.0412. The summed E-state index contributed by atoms with van der Waals surface area (Å²) in [6.45, 7) is 5.00. The number of nitriles is 1. The number of aromatic nitrogens is 1. The maximum Gasteiger partial charge on any atom is 0.142 e. The zero-order valence-electron chi connectivity index (χ0n) is 21.3. The van der Waals surface area contributed by atoms with Crippen molar-refractivity contribution in [3.05, 3.63) is 57.7 Å². The van der Waals surface area contributed by atoms with Gasteiger partial charge in [-0.1, -0.05) is 53.6 Å². The summed E-state index contributed by atoms with van der Waals surface area (Å²) in [5.41, 5.74) is 11.8. The highest BCUT2D eigenvalue weighted by atomic mass is 79.9. The molecule has 4 aliphatic carbocycles. The van der Waals surface area contributed by atoms with Gasteiger partial charge in [0, 0.05) is 21.6 Å². The summed E-state index contributed by atoms with van der Waals surface area (Å²) >= 11 is 3.52. The van der Waals surface area contributed by atoms with Crippen molar-refractivity contribution < 1.29 is 5.11 Å². The van der Waals surface area contributed by atoms with Crippen LogP contribution >= 0.6 is 15.9 Å². The Morgan fingerprint density at radius 1 is 1.08 bits per heavy atom. The molecule has 0 saturated heterocycles. The Kier molecular flexibility index (Phi) is 5.85. The number of halogens is 1. The number of aliphatic hydroxyl groups excluding tert-OH is 1. The second kappa shape index (κ2) is 8.71. The Morgan fingerprint density at radius 2 is 1.86 bits per heavy atom. The summed E-state index contributed by atoms with van der Waals surface area (Å²) in [5.74, 6) is 2.82. The third-order valence-electron chi connectivity index (χ3n) is 10.8. The van der Waals surface area contributed by atoms with E-state index < -0.39 is 0 Å². The number of nitrogens with zero attached hydrogens (tertiary/aromatic N) is 2. The second-order valence-electron chi connectivity index (χ2n) is 12.3. The largest absolute Gasteiger partial charge is 0.393 e. The van der Waals surface area contributed by atoms with Gasteiger partial charge in [0.05, 0.1) is 6.10 Å². The average Bonchev–Trinajstić information content (AvgIpc) is 3.22. The summed E-state index contributed by atoms with van der Waals surface area (Å²) in [4.78, 5) is 4.86. The topological polar surface area (TPSA) is 82.9 Å². The fraction of sp³-hybridized carbons (Fsp3) is 0.548. The van der Waals surface area contributed by atoms with E-state index in [1.807, 2.05) is 24.3 Å². The first-order valence-electron chi connectivity index (χ1n) is 13.6. The van der Waals surface area contributed by atoms with E-state index >= 15 is 0 Å². The van der Waals surface area contributed by atoms with Gasteiger partial charge in [0.2, 0.25) is 0 Å². The first-order valence-corrected chi connectivity index (χ1v) is 14.4. The highest BCUT2D eigenvalue weighted by molar-refractivity contribution is 9.10. The van der Waals surface area contributed by atoms with Crippen LogP contribution in [0.25, 0.3) is 11.1 Å². The van der Waals surface area contributed by atoms with Crippen molar-refractivity contribution in [2.24, 2.45) is 28.6 Å². The van der Waals surface area contributed by atoms with Crippen LogP contribution in [0.15, 0.2) is 46.5 Å². The van der Waals surface area contributed by atoms with E-state index in [2.05, 4.69) is 48.0 Å². The number of allylic oxidation sites excluding steroid dienone is 1. The maximum atomic E-state index is 10.3. The minimum atomic E-state index is -0.154. The maximum absolute atomic E-state index is 10.3. The van der Waals surface area contributed by atoms with E-state index in [9.17, 15) is 10.4 Å². The molecule has 1 aromatic carbocycles. The molecule has 0 radical (unpaired) electrons. The number of anilines is 1. The molecule has 4 aliphatic rings. The van der Waals surface area contributed by atoms with E-state index in [4.69, 9.17) is 10.7 Å².